The van der Waals surface area contributed by atoms with Gasteiger partial charge in [-0.3, -0.25) is 4.72 Å². The van der Waals surface area contributed by atoms with Crippen LogP contribution in [0, 0.1) is 0 Å². The molecule has 0 atom stereocenters. The summed E-state index contributed by atoms with van der Waals surface area (Å²) in [6, 6.07) is 5.77. The topological polar surface area (TPSA) is 98.0 Å². The van der Waals surface area contributed by atoms with Gasteiger partial charge >= 0.3 is 0 Å². The van der Waals surface area contributed by atoms with Crippen LogP contribution in [0.1, 0.15) is 0 Å². The predicted octanol–water partition coefficient (Wildman–Crippen LogP) is 1.13. The monoisotopic (exact) mass is 307 g/mol. The first-order valence-corrected chi connectivity index (χ1v) is 6.70. The van der Waals surface area contributed by atoms with Gasteiger partial charge in [-0.05, 0) is 24.3 Å². The summed E-state index contributed by atoms with van der Waals surface area (Å²) < 4.78 is 26.2. The Bertz CT molecular complexity index is 663. The third kappa shape index (κ3) is 4.05. The van der Waals surface area contributed by atoms with E-state index in [4.69, 9.17) is 17.3 Å². The number of aromatic nitrogens is 2. The van der Waals surface area contributed by atoms with E-state index in [-0.39, 0.29) is 45.4 Å². The van der Waals surface area contributed by atoms with Gasteiger partial charge in [0.2, 0.25) is 0 Å². The molecule has 3 N–H and O–H groups in total. The summed E-state index contributed by atoms with van der Waals surface area (Å²) >= 11 is 5.72. The van der Waals surface area contributed by atoms with Crippen LogP contribution in [0.3, 0.4) is 0 Å². The zero-order valence-electron chi connectivity index (χ0n) is 10.0. The van der Waals surface area contributed by atoms with Crippen LogP contribution in [0.15, 0.2) is 41.6 Å². The molecule has 0 aliphatic heterocycles. The number of anilines is 2. The third-order valence-corrected chi connectivity index (χ3v) is 3.71. The number of nitrogen functional groups attached to an aromatic ring is 1. The standard InChI is InChI=1S/C10H9ClN4O2S.Na/c11-9-10(14-6-5-13-9)15-18(16,17)8-3-1-7(12)2-4-8;/h1-6H,12H2,(H,14,15);. The molecule has 0 spiro atoms. The number of hydrogen-bond donors (Lipinski definition) is 2. The van der Waals surface area contributed by atoms with E-state index in [0.29, 0.717) is 5.69 Å². The van der Waals surface area contributed by atoms with Gasteiger partial charge in [-0.1, -0.05) is 11.6 Å². The molecule has 2 aromatic rings. The maximum absolute atomic E-state index is 12.0. The van der Waals surface area contributed by atoms with Gasteiger partial charge in [0.05, 0.1) is 4.90 Å². The Morgan fingerprint density at radius 2 is 1.68 bits per heavy atom. The SMILES string of the molecule is Nc1ccc(S(=O)(=O)Nc2nccnc2Cl)cc1.[Na]. The fourth-order valence-corrected chi connectivity index (χ4v) is 2.45. The van der Waals surface area contributed by atoms with E-state index in [1.807, 2.05) is 0 Å². The Morgan fingerprint density at radius 3 is 2.26 bits per heavy atom. The van der Waals surface area contributed by atoms with Gasteiger partial charge in [0.1, 0.15) is 0 Å². The molecule has 6 nitrogen and oxygen atoms in total. The average Bonchev–Trinajstić information content (AvgIpc) is 2.32. The molecule has 1 aromatic carbocycles. The van der Waals surface area contributed by atoms with Crippen molar-refractivity contribution in [1.29, 1.82) is 0 Å². The number of nitrogens with one attached hydrogen (secondary N) is 1. The van der Waals surface area contributed by atoms with Gasteiger partial charge < -0.3 is 5.73 Å². The van der Waals surface area contributed by atoms with E-state index in [9.17, 15) is 8.42 Å². The number of halogens is 1. The van der Waals surface area contributed by atoms with Crippen molar-refractivity contribution in [2.45, 2.75) is 4.90 Å². The van der Waals surface area contributed by atoms with Gasteiger partial charge in [-0.25, -0.2) is 18.4 Å². The van der Waals surface area contributed by atoms with Crippen molar-refractivity contribution in [2.75, 3.05) is 10.5 Å². The molecular formula is C10H9ClN4NaO2S. The second kappa shape index (κ2) is 6.53. The van der Waals surface area contributed by atoms with E-state index >= 15 is 0 Å². The molecule has 0 saturated carbocycles. The second-order valence-electron chi connectivity index (χ2n) is 3.37. The maximum atomic E-state index is 12.0. The number of benzene rings is 1. The first-order chi connectivity index (χ1) is 8.49. The Kier molecular flexibility index (Phi) is 5.57. The zero-order valence-corrected chi connectivity index (χ0v) is 13.6. The Hall–Kier alpha value is -0.860. The molecule has 0 bridgehead atoms. The van der Waals surface area contributed by atoms with Crippen molar-refractivity contribution in [2.24, 2.45) is 0 Å². The van der Waals surface area contributed by atoms with E-state index in [0.717, 1.165) is 0 Å². The summed E-state index contributed by atoms with van der Waals surface area (Å²) in [6.45, 7) is 0. The van der Waals surface area contributed by atoms with Crippen LogP contribution in [-0.4, -0.2) is 47.9 Å². The number of sulfonamides is 1. The molecule has 1 heterocycles. The van der Waals surface area contributed by atoms with Gasteiger partial charge in [-0.2, -0.15) is 0 Å². The molecule has 0 amide bonds. The second-order valence-corrected chi connectivity index (χ2v) is 5.41. The van der Waals surface area contributed by atoms with Crippen LogP contribution < -0.4 is 10.5 Å². The molecule has 0 saturated heterocycles. The number of nitrogens with two attached hydrogens (primary N) is 1. The Balaban J connectivity index is 0.00000180. The summed E-state index contributed by atoms with van der Waals surface area (Å²) in [5, 5.41) is -0.0171. The van der Waals surface area contributed by atoms with E-state index in [1.165, 1.54) is 36.7 Å². The van der Waals surface area contributed by atoms with Crippen LogP contribution in [0.4, 0.5) is 11.5 Å². The summed E-state index contributed by atoms with van der Waals surface area (Å²) in [5.41, 5.74) is 5.97. The minimum atomic E-state index is -3.75. The maximum Gasteiger partial charge on any atom is 0.263 e. The first kappa shape index (κ1) is 16.2. The molecule has 1 radical (unpaired) electrons. The zero-order chi connectivity index (χ0) is 13.2. The van der Waals surface area contributed by atoms with Crippen molar-refractivity contribution in [3.8, 4) is 0 Å². The van der Waals surface area contributed by atoms with Crippen molar-refractivity contribution in [3.63, 3.8) is 0 Å². The van der Waals surface area contributed by atoms with Crippen molar-refractivity contribution < 1.29 is 8.42 Å². The van der Waals surface area contributed by atoms with Crippen LogP contribution in [0.5, 0.6) is 0 Å². The van der Waals surface area contributed by atoms with Crippen molar-refractivity contribution in [1.82, 2.24) is 9.97 Å². The number of hydrogen-bond acceptors (Lipinski definition) is 5. The Morgan fingerprint density at radius 1 is 1.11 bits per heavy atom. The van der Waals surface area contributed by atoms with Gasteiger partial charge in [0.15, 0.2) is 11.0 Å². The number of nitrogens with zero attached hydrogens (tertiary/aromatic N) is 2. The molecule has 19 heavy (non-hydrogen) atoms. The fraction of sp³-hybridized carbons (Fsp3) is 0. The van der Waals surface area contributed by atoms with Crippen LogP contribution in [0.25, 0.3) is 0 Å². The van der Waals surface area contributed by atoms with Crippen LogP contribution in [0.2, 0.25) is 5.15 Å². The molecule has 1 aromatic heterocycles. The minimum absolute atomic E-state index is 0. The molecule has 0 unspecified atom stereocenters. The normalized spacial score (nSPS) is 10.6. The van der Waals surface area contributed by atoms with Gasteiger partial charge in [0, 0.05) is 47.6 Å². The average molecular weight is 308 g/mol. The third-order valence-electron chi connectivity index (χ3n) is 2.08. The summed E-state index contributed by atoms with van der Waals surface area (Å²) in [7, 11) is -3.75. The first-order valence-electron chi connectivity index (χ1n) is 4.84. The van der Waals surface area contributed by atoms with Crippen molar-refractivity contribution in [3.05, 3.63) is 41.8 Å². The summed E-state index contributed by atoms with van der Waals surface area (Å²) in [4.78, 5) is 7.59. The molecular weight excluding hydrogens is 299 g/mol. The quantitative estimate of drug-likeness (QED) is 0.654. The molecule has 2 rings (SSSR count). The van der Waals surface area contributed by atoms with Gasteiger partial charge in [-0.15, -0.1) is 0 Å². The molecule has 0 fully saturated rings. The van der Waals surface area contributed by atoms with E-state index in [1.54, 1.807) is 0 Å². The minimum Gasteiger partial charge on any atom is -0.399 e. The van der Waals surface area contributed by atoms with E-state index < -0.39 is 10.0 Å². The molecule has 0 aliphatic carbocycles. The van der Waals surface area contributed by atoms with Crippen LogP contribution in [-0.2, 0) is 10.0 Å². The molecule has 0 aliphatic rings. The molecule has 95 valence electrons. The number of rotatable bonds is 3. The fourth-order valence-electron chi connectivity index (χ4n) is 1.22. The van der Waals surface area contributed by atoms with Crippen LogP contribution >= 0.6 is 11.6 Å². The van der Waals surface area contributed by atoms with Crippen molar-refractivity contribution >= 4 is 62.7 Å². The smallest absolute Gasteiger partial charge is 0.263 e. The summed E-state index contributed by atoms with van der Waals surface area (Å²) in [5.74, 6) is -0.0176. The molecule has 9 heteroatoms. The van der Waals surface area contributed by atoms with E-state index in [2.05, 4.69) is 14.7 Å². The predicted molar refractivity (Wildman–Crippen MR) is 74.5 cm³/mol. The summed E-state index contributed by atoms with van der Waals surface area (Å²) in [6.07, 6.45) is 2.70. The largest absolute Gasteiger partial charge is 0.399 e. The van der Waals surface area contributed by atoms with Gasteiger partial charge in [0.25, 0.3) is 10.0 Å². The Labute approximate surface area is 137 Å².